The third-order valence-electron chi connectivity index (χ3n) is 3.73. The van der Waals surface area contributed by atoms with Crippen LogP contribution in [-0.2, 0) is 17.8 Å². The van der Waals surface area contributed by atoms with Crippen molar-refractivity contribution < 1.29 is 9.53 Å². The van der Waals surface area contributed by atoms with Crippen LogP contribution in [0.2, 0.25) is 5.02 Å². The lowest BCUT2D eigenvalue weighted by atomic mass is 10.1. The molecule has 2 heterocycles. The van der Waals surface area contributed by atoms with Gasteiger partial charge in [0.25, 0.3) is 5.91 Å². The van der Waals surface area contributed by atoms with Crippen LogP contribution in [-0.4, -0.2) is 39.4 Å². The molecule has 2 aromatic heterocycles. The number of nitrogens with one attached hydrogen (secondary N) is 2. The molecule has 0 aliphatic rings. The summed E-state index contributed by atoms with van der Waals surface area (Å²) in [6.07, 6.45) is 3.44. The van der Waals surface area contributed by atoms with Gasteiger partial charge in [-0.1, -0.05) is 23.7 Å². The summed E-state index contributed by atoms with van der Waals surface area (Å²) in [5, 5.41) is 10.5. The van der Waals surface area contributed by atoms with Gasteiger partial charge in [0.2, 0.25) is 0 Å². The number of H-pyrrole nitrogens is 1. The van der Waals surface area contributed by atoms with Crippen molar-refractivity contribution in [3.63, 3.8) is 0 Å². The van der Waals surface area contributed by atoms with E-state index in [1.165, 1.54) is 0 Å². The van der Waals surface area contributed by atoms with E-state index in [-0.39, 0.29) is 5.91 Å². The number of aromatic amines is 1. The SMILES string of the molecule is COCCn1cncc1CNC(=O)c1cc(-c2ccc(Cl)cc2)n[nH]1. The second-order valence-electron chi connectivity index (χ2n) is 5.43. The van der Waals surface area contributed by atoms with Crippen LogP contribution < -0.4 is 5.32 Å². The van der Waals surface area contributed by atoms with Crippen molar-refractivity contribution >= 4 is 17.5 Å². The topological polar surface area (TPSA) is 84.8 Å². The highest BCUT2D eigenvalue weighted by Crippen LogP contribution is 2.20. The van der Waals surface area contributed by atoms with E-state index < -0.39 is 0 Å². The monoisotopic (exact) mass is 359 g/mol. The number of hydrogen-bond acceptors (Lipinski definition) is 4. The highest BCUT2D eigenvalue weighted by atomic mass is 35.5. The molecule has 0 atom stereocenters. The molecule has 0 aliphatic carbocycles. The van der Waals surface area contributed by atoms with E-state index in [2.05, 4.69) is 20.5 Å². The fraction of sp³-hybridized carbons (Fsp3) is 0.235. The fourth-order valence-electron chi connectivity index (χ4n) is 2.36. The zero-order valence-electron chi connectivity index (χ0n) is 13.7. The average Bonchev–Trinajstić information content (AvgIpc) is 3.28. The molecule has 3 rings (SSSR count). The van der Waals surface area contributed by atoms with Gasteiger partial charge in [-0.3, -0.25) is 9.89 Å². The van der Waals surface area contributed by atoms with E-state index in [4.69, 9.17) is 16.3 Å². The molecule has 0 bridgehead atoms. The maximum atomic E-state index is 12.3. The van der Waals surface area contributed by atoms with Crippen LogP contribution >= 0.6 is 11.6 Å². The number of imidazole rings is 1. The van der Waals surface area contributed by atoms with Crippen molar-refractivity contribution in [2.45, 2.75) is 13.1 Å². The van der Waals surface area contributed by atoms with E-state index in [1.54, 1.807) is 37.8 Å². The van der Waals surface area contributed by atoms with Crippen molar-refractivity contribution in [1.29, 1.82) is 0 Å². The summed E-state index contributed by atoms with van der Waals surface area (Å²) in [5.41, 5.74) is 2.88. The van der Waals surface area contributed by atoms with E-state index >= 15 is 0 Å². The number of benzene rings is 1. The highest BCUT2D eigenvalue weighted by Gasteiger charge is 2.12. The Labute approximate surface area is 150 Å². The van der Waals surface area contributed by atoms with E-state index in [9.17, 15) is 4.79 Å². The Morgan fingerprint density at radius 3 is 2.92 bits per heavy atom. The molecule has 1 aromatic carbocycles. The maximum Gasteiger partial charge on any atom is 0.269 e. The predicted molar refractivity (Wildman–Crippen MR) is 94.3 cm³/mol. The van der Waals surface area contributed by atoms with Crippen LogP contribution in [0.3, 0.4) is 0 Å². The van der Waals surface area contributed by atoms with Gasteiger partial charge in [-0.15, -0.1) is 0 Å². The quantitative estimate of drug-likeness (QED) is 0.678. The van der Waals surface area contributed by atoms with Gasteiger partial charge in [0.1, 0.15) is 5.69 Å². The number of rotatable bonds is 7. The first-order valence-corrected chi connectivity index (χ1v) is 8.12. The van der Waals surface area contributed by atoms with Crippen LogP contribution in [0.15, 0.2) is 42.9 Å². The highest BCUT2D eigenvalue weighted by molar-refractivity contribution is 6.30. The van der Waals surface area contributed by atoms with Crippen molar-refractivity contribution in [2.75, 3.05) is 13.7 Å². The van der Waals surface area contributed by atoms with Crippen molar-refractivity contribution in [1.82, 2.24) is 25.1 Å². The Morgan fingerprint density at radius 2 is 2.16 bits per heavy atom. The third kappa shape index (κ3) is 4.26. The largest absolute Gasteiger partial charge is 0.383 e. The Bertz CT molecular complexity index is 841. The van der Waals surface area contributed by atoms with Crippen molar-refractivity contribution in [2.24, 2.45) is 0 Å². The smallest absolute Gasteiger partial charge is 0.269 e. The number of methoxy groups -OCH3 is 1. The third-order valence-corrected chi connectivity index (χ3v) is 3.98. The number of amides is 1. The first-order chi connectivity index (χ1) is 12.2. The molecule has 130 valence electrons. The molecule has 0 spiro atoms. The molecule has 0 saturated heterocycles. The predicted octanol–water partition coefficient (Wildman–Crippen LogP) is 2.50. The molecule has 0 saturated carbocycles. The molecule has 0 fully saturated rings. The Balaban J connectivity index is 1.62. The van der Waals surface area contributed by atoms with Crippen molar-refractivity contribution in [3.8, 4) is 11.3 Å². The zero-order valence-corrected chi connectivity index (χ0v) is 14.5. The van der Waals surface area contributed by atoms with Crippen LogP contribution in [0.1, 0.15) is 16.2 Å². The summed E-state index contributed by atoms with van der Waals surface area (Å²) in [6, 6.07) is 8.99. The van der Waals surface area contributed by atoms with Gasteiger partial charge in [0.05, 0.1) is 30.9 Å². The summed E-state index contributed by atoms with van der Waals surface area (Å²) in [4.78, 5) is 16.4. The molecule has 7 nitrogen and oxygen atoms in total. The van der Waals surface area contributed by atoms with Gasteiger partial charge in [0, 0.05) is 30.4 Å². The number of hydrogen-bond donors (Lipinski definition) is 2. The fourth-order valence-corrected chi connectivity index (χ4v) is 2.48. The average molecular weight is 360 g/mol. The lowest BCUT2D eigenvalue weighted by molar-refractivity contribution is 0.0945. The van der Waals surface area contributed by atoms with E-state index in [0.29, 0.717) is 36.1 Å². The van der Waals surface area contributed by atoms with Gasteiger partial charge < -0.3 is 14.6 Å². The summed E-state index contributed by atoms with van der Waals surface area (Å²) in [6.45, 7) is 1.65. The number of carbonyl (C=O) groups excluding carboxylic acids is 1. The van der Waals surface area contributed by atoms with Gasteiger partial charge in [-0.2, -0.15) is 5.10 Å². The Kier molecular flexibility index (Phi) is 5.47. The second-order valence-corrected chi connectivity index (χ2v) is 5.86. The number of aromatic nitrogens is 4. The molecular weight excluding hydrogens is 342 g/mol. The lowest BCUT2D eigenvalue weighted by Gasteiger charge is -2.08. The zero-order chi connectivity index (χ0) is 17.6. The first kappa shape index (κ1) is 17.2. The van der Waals surface area contributed by atoms with Gasteiger partial charge in [-0.05, 0) is 18.2 Å². The molecule has 3 aromatic rings. The Morgan fingerprint density at radius 1 is 1.36 bits per heavy atom. The lowest BCUT2D eigenvalue weighted by Crippen LogP contribution is -2.24. The van der Waals surface area contributed by atoms with Crippen LogP contribution in [0.5, 0.6) is 0 Å². The Hall–Kier alpha value is -2.64. The minimum atomic E-state index is -0.229. The second kappa shape index (κ2) is 7.96. The molecular formula is C17H18ClN5O2. The van der Waals surface area contributed by atoms with Gasteiger partial charge in [0.15, 0.2) is 0 Å². The molecule has 0 unspecified atom stereocenters. The van der Waals surface area contributed by atoms with E-state index in [0.717, 1.165) is 11.3 Å². The summed E-state index contributed by atoms with van der Waals surface area (Å²) >= 11 is 5.88. The number of nitrogens with zero attached hydrogens (tertiary/aromatic N) is 3. The molecule has 8 heteroatoms. The molecule has 25 heavy (non-hydrogen) atoms. The van der Waals surface area contributed by atoms with Crippen molar-refractivity contribution in [3.05, 3.63) is 59.3 Å². The number of carbonyl (C=O) groups is 1. The van der Waals surface area contributed by atoms with Crippen LogP contribution in [0.25, 0.3) is 11.3 Å². The van der Waals surface area contributed by atoms with Gasteiger partial charge >= 0.3 is 0 Å². The van der Waals surface area contributed by atoms with Gasteiger partial charge in [-0.25, -0.2) is 4.98 Å². The molecule has 0 aliphatic heterocycles. The van der Waals surface area contributed by atoms with Crippen LogP contribution in [0, 0.1) is 0 Å². The first-order valence-electron chi connectivity index (χ1n) is 7.75. The minimum Gasteiger partial charge on any atom is -0.383 e. The van der Waals surface area contributed by atoms with E-state index in [1.807, 2.05) is 16.7 Å². The molecule has 1 amide bonds. The minimum absolute atomic E-state index is 0.229. The summed E-state index contributed by atoms with van der Waals surface area (Å²) in [7, 11) is 1.65. The summed E-state index contributed by atoms with van der Waals surface area (Å²) in [5.74, 6) is -0.229. The maximum absolute atomic E-state index is 12.3. The number of halogens is 1. The molecule has 0 radical (unpaired) electrons. The summed E-state index contributed by atoms with van der Waals surface area (Å²) < 4.78 is 7.00. The normalized spacial score (nSPS) is 10.8. The number of ether oxygens (including phenoxy) is 1. The standard InChI is InChI=1S/C17H18ClN5O2/c1-25-7-6-23-11-19-9-14(23)10-20-17(24)16-8-15(21-22-16)12-2-4-13(18)5-3-12/h2-5,8-9,11H,6-7,10H2,1H3,(H,20,24)(H,21,22). The van der Waals surface area contributed by atoms with Crippen LogP contribution in [0.4, 0.5) is 0 Å². The molecule has 2 N–H and O–H groups in total.